The lowest BCUT2D eigenvalue weighted by Crippen LogP contribution is -2.22. The van der Waals surface area contributed by atoms with E-state index in [2.05, 4.69) is 5.10 Å². The van der Waals surface area contributed by atoms with Gasteiger partial charge in [0.15, 0.2) is 5.65 Å². The Kier molecular flexibility index (Phi) is 2.83. The van der Waals surface area contributed by atoms with Crippen molar-refractivity contribution < 1.29 is 4.39 Å². The number of aromatic nitrogens is 3. The molecule has 0 bridgehead atoms. The number of hydrogen-bond donors (Lipinski definition) is 0. The maximum Gasteiger partial charge on any atom is 0.350 e. The minimum absolute atomic E-state index is 0.0364. The molecule has 0 aliphatic rings. The molecule has 3 aromatic rings. The van der Waals surface area contributed by atoms with Crippen molar-refractivity contribution in [2.75, 3.05) is 0 Å². The minimum Gasteiger partial charge on any atom is -0.250 e. The van der Waals surface area contributed by atoms with Crippen LogP contribution in [-0.4, -0.2) is 14.2 Å². The highest BCUT2D eigenvalue weighted by Gasteiger charge is 2.11. The summed E-state index contributed by atoms with van der Waals surface area (Å²) in [5.41, 5.74) is 0.544. The van der Waals surface area contributed by atoms with Crippen molar-refractivity contribution in [3.8, 4) is 0 Å². The zero-order valence-electron chi connectivity index (χ0n) is 9.75. The summed E-state index contributed by atoms with van der Waals surface area (Å²) < 4.78 is 16.4. The number of fused-ring (bicyclic) bond motifs is 1. The Balaban J connectivity index is 2.09. The third kappa shape index (κ3) is 2.02. The Labute approximate surface area is 112 Å². The molecule has 2 heterocycles. The quantitative estimate of drug-likeness (QED) is 0.721. The number of pyridine rings is 1. The van der Waals surface area contributed by atoms with Crippen LogP contribution in [0.15, 0.2) is 47.4 Å². The van der Waals surface area contributed by atoms with Crippen molar-refractivity contribution in [2.24, 2.45) is 0 Å². The molecular weight excluding hydrogens is 269 g/mol. The molecule has 4 nitrogen and oxygen atoms in total. The molecule has 0 saturated carbocycles. The fourth-order valence-corrected chi connectivity index (χ4v) is 2.10. The summed E-state index contributed by atoms with van der Waals surface area (Å²) in [4.78, 5) is 12.0. The largest absolute Gasteiger partial charge is 0.350 e. The van der Waals surface area contributed by atoms with Crippen LogP contribution >= 0.6 is 11.6 Å². The van der Waals surface area contributed by atoms with E-state index in [9.17, 15) is 9.18 Å². The smallest absolute Gasteiger partial charge is 0.250 e. The first-order valence-electron chi connectivity index (χ1n) is 5.64. The second-order valence-electron chi connectivity index (χ2n) is 4.08. The highest BCUT2D eigenvalue weighted by molar-refractivity contribution is 6.30. The van der Waals surface area contributed by atoms with Gasteiger partial charge in [0.05, 0.1) is 11.6 Å². The summed E-state index contributed by atoms with van der Waals surface area (Å²) in [6.45, 7) is 0.0485. The Bertz CT molecular complexity index is 809. The lowest BCUT2D eigenvalue weighted by molar-refractivity contribution is 0.578. The molecule has 0 fully saturated rings. The monoisotopic (exact) mass is 277 g/mol. The van der Waals surface area contributed by atoms with E-state index in [1.807, 2.05) is 0 Å². The molecule has 0 aliphatic heterocycles. The van der Waals surface area contributed by atoms with Gasteiger partial charge in [-0.1, -0.05) is 29.8 Å². The van der Waals surface area contributed by atoms with Gasteiger partial charge in [0, 0.05) is 11.8 Å². The van der Waals surface area contributed by atoms with Crippen molar-refractivity contribution in [1.82, 2.24) is 14.2 Å². The molecule has 0 radical (unpaired) electrons. The third-order valence-corrected chi connectivity index (χ3v) is 3.13. The van der Waals surface area contributed by atoms with E-state index in [1.165, 1.54) is 15.1 Å². The molecule has 96 valence electrons. The van der Waals surface area contributed by atoms with Gasteiger partial charge in [0.25, 0.3) is 0 Å². The maximum absolute atomic E-state index is 13.8. The average molecular weight is 278 g/mol. The second kappa shape index (κ2) is 4.51. The highest BCUT2D eigenvalue weighted by atomic mass is 35.5. The maximum atomic E-state index is 13.8. The molecule has 2 aromatic heterocycles. The summed E-state index contributed by atoms with van der Waals surface area (Å²) >= 11 is 5.71. The summed E-state index contributed by atoms with van der Waals surface area (Å²) in [6.07, 6.45) is 1.62. The Morgan fingerprint density at radius 1 is 1.21 bits per heavy atom. The Morgan fingerprint density at radius 2 is 2.05 bits per heavy atom. The van der Waals surface area contributed by atoms with E-state index >= 15 is 0 Å². The van der Waals surface area contributed by atoms with Crippen LogP contribution in [0.1, 0.15) is 5.56 Å². The fraction of sp³-hybridized carbons (Fsp3) is 0.0769. The molecule has 3 rings (SSSR count). The predicted octanol–water partition coefficient (Wildman–Crippen LogP) is 2.34. The molecule has 6 heteroatoms. The zero-order chi connectivity index (χ0) is 13.4. The number of nitrogens with zero attached hydrogens (tertiary/aromatic N) is 3. The topological polar surface area (TPSA) is 39.3 Å². The van der Waals surface area contributed by atoms with E-state index < -0.39 is 5.82 Å². The molecule has 0 N–H and O–H groups in total. The van der Waals surface area contributed by atoms with E-state index in [4.69, 9.17) is 11.6 Å². The van der Waals surface area contributed by atoms with Crippen molar-refractivity contribution in [3.05, 3.63) is 69.5 Å². The normalized spacial score (nSPS) is 11.1. The van der Waals surface area contributed by atoms with Crippen LogP contribution in [0.25, 0.3) is 5.65 Å². The first kappa shape index (κ1) is 11.9. The number of halogens is 2. The van der Waals surface area contributed by atoms with Gasteiger partial charge in [-0.2, -0.15) is 0 Å². The van der Waals surface area contributed by atoms with Gasteiger partial charge in [0.2, 0.25) is 0 Å². The molecule has 0 atom stereocenters. The van der Waals surface area contributed by atoms with Crippen LogP contribution in [0.2, 0.25) is 5.02 Å². The van der Waals surface area contributed by atoms with Gasteiger partial charge in [-0.3, -0.25) is 4.40 Å². The van der Waals surface area contributed by atoms with Gasteiger partial charge < -0.3 is 0 Å². The van der Waals surface area contributed by atoms with Crippen molar-refractivity contribution in [3.63, 3.8) is 0 Å². The number of hydrogen-bond acceptors (Lipinski definition) is 2. The predicted molar refractivity (Wildman–Crippen MR) is 70.0 cm³/mol. The fourth-order valence-electron chi connectivity index (χ4n) is 1.90. The van der Waals surface area contributed by atoms with Crippen LogP contribution in [0.4, 0.5) is 4.39 Å². The standard InChI is InChI=1S/C13H9ClFN3O/c14-10-5-3-4-9(12(10)15)8-18-13(19)17-7-2-1-6-11(17)16-18/h1-7H,8H2. The molecule has 0 aliphatic carbocycles. The first-order valence-corrected chi connectivity index (χ1v) is 6.02. The van der Waals surface area contributed by atoms with E-state index in [0.29, 0.717) is 11.2 Å². The molecule has 0 amide bonds. The molecule has 19 heavy (non-hydrogen) atoms. The van der Waals surface area contributed by atoms with Crippen molar-refractivity contribution >= 4 is 17.2 Å². The molecule has 0 saturated heterocycles. The Morgan fingerprint density at radius 3 is 2.84 bits per heavy atom. The van der Waals surface area contributed by atoms with Crippen LogP contribution in [-0.2, 0) is 6.54 Å². The Hall–Kier alpha value is -2.14. The third-order valence-electron chi connectivity index (χ3n) is 2.84. The van der Waals surface area contributed by atoms with Crippen LogP contribution < -0.4 is 5.69 Å². The SMILES string of the molecule is O=c1n(Cc2cccc(Cl)c2F)nc2ccccn12. The van der Waals surface area contributed by atoms with Crippen LogP contribution in [0.5, 0.6) is 0 Å². The van der Waals surface area contributed by atoms with Crippen LogP contribution in [0.3, 0.4) is 0 Å². The van der Waals surface area contributed by atoms with E-state index in [1.54, 1.807) is 36.5 Å². The van der Waals surface area contributed by atoms with Gasteiger partial charge in [0.1, 0.15) is 5.82 Å². The first-order chi connectivity index (χ1) is 9.16. The molecule has 1 aromatic carbocycles. The van der Waals surface area contributed by atoms with Crippen molar-refractivity contribution in [2.45, 2.75) is 6.54 Å². The molecular formula is C13H9ClFN3O. The summed E-state index contributed by atoms with van der Waals surface area (Å²) in [5.74, 6) is -0.520. The lowest BCUT2D eigenvalue weighted by atomic mass is 10.2. The van der Waals surface area contributed by atoms with Gasteiger partial charge in [-0.25, -0.2) is 13.9 Å². The number of rotatable bonds is 2. The van der Waals surface area contributed by atoms with Crippen LogP contribution in [0, 0.1) is 5.82 Å². The minimum atomic E-state index is -0.520. The van der Waals surface area contributed by atoms with E-state index in [-0.39, 0.29) is 17.3 Å². The lowest BCUT2D eigenvalue weighted by Gasteiger charge is -2.03. The second-order valence-corrected chi connectivity index (χ2v) is 4.49. The van der Waals surface area contributed by atoms with Gasteiger partial charge in [-0.15, -0.1) is 5.10 Å². The van der Waals surface area contributed by atoms with Gasteiger partial charge in [-0.05, 0) is 18.2 Å². The summed E-state index contributed by atoms with van der Waals surface area (Å²) in [7, 11) is 0. The summed E-state index contributed by atoms with van der Waals surface area (Å²) in [5, 5.41) is 4.17. The van der Waals surface area contributed by atoms with Gasteiger partial charge >= 0.3 is 5.69 Å². The molecule has 0 spiro atoms. The summed E-state index contributed by atoms with van der Waals surface area (Å²) in [6, 6.07) is 9.92. The van der Waals surface area contributed by atoms with E-state index in [0.717, 1.165) is 0 Å². The average Bonchev–Trinajstić information content (AvgIpc) is 2.73. The highest BCUT2D eigenvalue weighted by Crippen LogP contribution is 2.18. The number of benzene rings is 1. The van der Waals surface area contributed by atoms with Crippen molar-refractivity contribution in [1.29, 1.82) is 0 Å². The molecule has 0 unspecified atom stereocenters. The zero-order valence-corrected chi connectivity index (χ0v) is 10.5.